The van der Waals surface area contributed by atoms with Crippen molar-refractivity contribution in [3.63, 3.8) is 0 Å². The van der Waals surface area contributed by atoms with Crippen LogP contribution in [-0.2, 0) is 0 Å². The summed E-state index contributed by atoms with van der Waals surface area (Å²) in [6.45, 7) is 3.59. The Balaban J connectivity index is 3.25. The predicted molar refractivity (Wildman–Crippen MR) is 67.5 cm³/mol. The number of nitrogens with zero attached hydrogens (tertiary/aromatic N) is 1. The molecule has 100 valence electrons. The van der Waals surface area contributed by atoms with E-state index in [1.165, 1.54) is 6.07 Å². The third kappa shape index (κ3) is 3.04. The van der Waals surface area contributed by atoms with E-state index in [0.29, 0.717) is 5.56 Å². The molecule has 0 amide bonds. The molecule has 6 heteroatoms. The van der Waals surface area contributed by atoms with Crippen molar-refractivity contribution in [3.05, 3.63) is 38.9 Å². The molecule has 1 aromatic carbocycles. The highest BCUT2D eigenvalue weighted by molar-refractivity contribution is 5.49. The number of nitro groups is 1. The first-order valence-corrected chi connectivity index (χ1v) is 5.64. The van der Waals surface area contributed by atoms with E-state index >= 15 is 0 Å². The highest BCUT2D eigenvalue weighted by Crippen LogP contribution is 2.31. The van der Waals surface area contributed by atoms with E-state index in [1.54, 1.807) is 27.0 Å². The second kappa shape index (κ2) is 5.90. The van der Waals surface area contributed by atoms with E-state index in [4.69, 9.17) is 0 Å². The third-order valence-electron chi connectivity index (χ3n) is 2.78. The number of hydrogen-bond donors (Lipinski definition) is 3. The molecule has 1 rings (SSSR count). The summed E-state index contributed by atoms with van der Waals surface area (Å²) < 4.78 is 0. The minimum atomic E-state index is -1.28. The Morgan fingerprint density at radius 1 is 1.39 bits per heavy atom. The standard InChI is InChI=1S/C12H18N2O4/c1-7-4-8(2)11(9(5-7)14(17)18)12(16)10(15)6-13-3/h4-5,10,12-13,15-16H,6H2,1-3H3. The molecular weight excluding hydrogens is 236 g/mol. The molecule has 0 radical (unpaired) electrons. The van der Waals surface area contributed by atoms with Crippen molar-refractivity contribution in [3.8, 4) is 0 Å². The summed E-state index contributed by atoms with van der Waals surface area (Å²) in [6, 6.07) is 3.15. The monoisotopic (exact) mass is 254 g/mol. The average Bonchev–Trinajstić information content (AvgIpc) is 2.27. The fourth-order valence-corrected chi connectivity index (χ4v) is 2.01. The summed E-state index contributed by atoms with van der Waals surface area (Å²) in [4.78, 5) is 10.5. The van der Waals surface area contributed by atoms with Crippen molar-refractivity contribution < 1.29 is 15.1 Å². The number of benzene rings is 1. The van der Waals surface area contributed by atoms with Gasteiger partial charge in [-0.3, -0.25) is 10.1 Å². The van der Waals surface area contributed by atoms with Gasteiger partial charge in [-0.25, -0.2) is 0 Å². The Hall–Kier alpha value is -1.50. The second-order valence-electron chi connectivity index (χ2n) is 4.34. The summed E-state index contributed by atoms with van der Waals surface area (Å²) in [6.07, 6.45) is -2.37. The maximum absolute atomic E-state index is 11.0. The predicted octanol–water partition coefficient (Wildman–Crippen LogP) is 0.825. The lowest BCUT2D eigenvalue weighted by atomic mass is 9.95. The van der Waals surface area contributed by atoms with Crippen LogP contribution in [0.5, 0.6) is 0 Å². The molecule has 0 saturated carbocycles. The Labute approximate surface area is 105 Å². The number of aryl methyl sites for hydroxylation is 2. The lowest BCUT2D eigenvalue weighted by molar-refractivity contribution is -0.386. The van der Waals surface area contributed by atoms with Crippen LogP contribution in [0, 0.1) is 24.0 Å². The zero-order chi connectivity index (χ0) is 13.9. The first-order valence-electron chi connectivity index (χ1n) is 5.64. The molecule has 2 atom stereocenters. The normalized spacial score (nSPS) is 14.3. The average molecular weight is 254 g/mol. The fraction of sp³-hybridized carbons (Fsp3) is 0.500. The Bertz CT molecular complexity index is 448. The van der Waals surface area contributed by atoms with Crippen molar-refractivity contribution >= 4 is 5.69 Å². The lowest BCUT2D eigenvalue weighted by Crippen LogP contribution is -2.30. The van der Waals surface area contributed by atoms with Gasteiger partial charge in [-0.15, -0.1) is 0 Å². The van der Waals surface area contributed by atoms with E-state index in [0.717, 1.165) is 5.56 Å². The smallest absolute Gasteiger partial charge is 0.275 e. The molecule has 2 unspecified atom stereocenters. The van der Waals surface area contributed by atoms with E-state index in [9.17, 15) is 20.3 Å². The van der Waals surface area contributed by atoms with E-state index in [2.05, 4.69) is 5.32 Å². The van der Waals surface area contributed by atoms with Crippen LogP contribution in [0.4, 0.5) is 5.69 Å². The molecule has 0 heterocycles. The van der Waals surface area contributed by atoms with E-state index < -0.39 is 17.1 Å². The minimum Gasteiger partial charge on any atom is -0.389 e. The summed E-state index contributed by atoms with van der Waals surface area (Å²) in [5.41, 5.74) is 1.37. The van der Waals surface area contributed by atoms with Gasteiger partial charge in [0.05, 0.1) is 16.6 Å². The van der Waals surface area contributed by atoms with Gasteiger partial charge >= 0.3 is 0 Å². The number of hydrogen-bond acceptors (Lipinski definition) is 5. The van der Waals surface area contributed by atoms with Crippen LogP contribution in [0.25, 0.3) is 0 Å². The van der Waals surface area contributed by atoms with Crippen molar-refractivity contribution in [1.29, 1.82) is 0 Å². The molecule has 0 aliphatic carbocycles. The van der Waals surface area contributed by atoms with Crippen LogP contribution in [0.2, 0.25) is 0 Å². The number of nitrogens with one attached hydrogen (secondary N) is 1. The van der Waals surface area contributed by atoms with Crippen LogP contribution in [-0.4, -0.2) is 34.8 Å². The molecule has 0 aliphatic rings. The third-order valence-corrected chi connectivity index (χ3v) is 2.78. The topological polar surface area (TPSA) is 95.6 Å². The minimum absolute atomic E-state index is 0.157. The maximum Gasteiger partial charge on any atom is 0.275 e. The van der Waals surface area contributed by atoms with Crippen molar-refractivity contribution in [2.45, 2.75) is 26.1 Å². The second-order valence-corrected chi connectivity index (χ2v) is 4.34. The molecule has 0 spiro atoms. The van der Waals surface area contributed by atoms with E-state index in [1.807, 2.05) is 0 Å². The SMILES string of the molecule is CNCC(O)C(O)c1c(C)cc(C)cc1[N+](=O)[O-]. The number of rotatable bonds is 5. The summed E-state index contributed by atoms with van der Waals surface area (Å²) in [5, 5.41) is 33.5. The quantitative estimate of drug-likeness (QED) is 0.534. The Morgan fingerprint density at radius 2 is 2.00 bits per heavy atom. The zero-order valence-corrected chi connectivity index (χ0v) is 10.7. The first kappa shape index (κ1) is 14.6. The molecule has 18 heavy (non-hydrogen) atoms. The molecule has 0 bridgehead atoms. The number of aliphatic hydroxyl groups excluding tert-OH is 2. The summed E-state index contributed by atoms with van der Waals surface area (Å²) in [7, 11) is 1.63. The van der Waals surface area contributed by atoms with Gasteiger partial charge in [-0.1, -0.05) is 6.07 Å². The zero-order valence-electron chi connectivity index (χ0n) is 10.7. The van der Waals surface area contributed by atoms with Crippen LogP contribution >= 0.6 is 0 Å². The van der Waals surface area contributed by atoms with Gasteiger partial charge in [0.2, 0.25) is 0 Å². The van der Waals surface area contributed by atoms with Gasteiger partial charge in [0.15, 0.2) is 0 Å². The van der Waals surface area contributed by atoms with Crippen LogP contribution in [0.1, 0.15) is 22.8 Å². The lowest BCUT2D eigenvalue weighted by Gasteiger charge is -2.19. The van der Waals surface area contributed by atoms with Gasteiger partial charge < -0.3 is 15.5 Å². The van der Waals surface area contributed by atoms with Crippen LogP contribution in [0.15, 0.2) is 12.1 Å². The number of nitro benzene ring substituents is 1. The maximum atomic E-state index is 11.0. The largest absolute Gasteiger partial charge is 0.389 e. The highest BCUT2D eigenvalue weighted by atomic mass is 16.6. The van der Waals surface area contributed by atoms with Crippen LogP contribution < -0.4 is 5.32 Å². The van der Waals surface area contributed by atoms with Crippen LogP contribution in [0.3, 0.4) is 0 Å². The Kier molecular flexibility index (Phi) is 4.77. The molecule has 0 fully saturated rings. The molecule has 3 N–H and O–H groups in total. The van der Waals surface area contributed by atoms with Gasteiger partial charge in [0.25, 0.3) is 5.69 Å². The van der Waals surface area contributed by atoms with Gasteiger partial charge in [-0.05, 0) is 32.0 Å². The highest BCUT2D eigenvalue weighted by Gasteiger charge is 2.28. The van der Waals surface area contributed by atoms with Gasteiger partial charge in [0.1, 0.15) is 6.10 Å². The number of aliphatic hydroxyl groups is 2. The van der Waals surface area contributed by atoms with Crippen molar-refractivity contribution in [1.82, 2.24) is 5.32 Å². The summed E-state index contributed by atoms with van der Waals surface area (Å²) in [5.74, 6) is 0. The van der Waals surface area contributed by atoms with Gasteiger partial charge in [-0.2, -0.15) is 0 Å². The van der Waals surface area contributed by atoms with Crippen molar-refractivity contribution in [2.75, 3.05) is 13.6 Å². The molecule has 0 aromatic heterocycles. The molecular formula is C12H18N2O4. The first-order chi connectivity index (χ1) is 8.38. The molecule has 0 aliphatic heterocycles. The summed E-state index contributed by atoms with van der Waals surface area (Å²) >= 11 is 0. The molecule has 6 nitrogen and oxygen atoms in total. The van der Waals surface area contributed by atoms with Gasteiger partial charge in [0, 0.05) is 12.6 Å². The molecule has 1 aromatic rings. The number of likely N-dealkylation sites (N-methyl/N-ethyl adjacent to an activating group) is 1. The van der Waals surface area contributed by atoms with Crippen molar-refractivity contribution in [2.24, 2.45) is 0 Å². The Morgan fingerprint density at radius 3 is 2.50 bits per heavy atom. The fourth-order valence-electron chi connectivity index (χ4n) is 2.01. The molecule has 0 saturated heterocycles. The van der Waals surface area contributed by atoms with E-state index in [-0.39, 0.29) is 17.8 Å².